The molecular weight excluding hydrogens is 952 g/mol. The third-order valence-corrected chi connectivity index (χ3v) is 12.3. The van der Waals surface area contributed by atoms with Gasteiger partial charge in [0.15, 0.2) is 6.10 Å². The molecule has 74 heavy (non-hydrogen) atoms. The van der Waals surface area contributed by atoms with Gasteiger partial charge in [-0.25, -0.2) is 4.57 Å². The third-order valence-electron chi connectivity index (χ3n) is 11.4. The summed E-state index contributed by atoms with van der Waals surface area (Å²) in [4.78, 5) is 48.4. The van der Waals surface area contributed by atoms with E-state index in [-0.39, 0.29) is 25.9 Å². The molecule has 0 aromatic heterocycles. The monoisotopic (exact) mass is 1050 g/mol. The molecule has 0 aliphatic heterocycles. The Morgan fingerprint density at radius 3 is 1.16 bits per heavy atom. The quantitative estimate of drug-likeness (QED) is 0.0197. The second kappa shape index (κ2) is 55.1. The van der Waals surface area contributed by atoms with Crippen molar-refractivity contribution in [3.63, 3.8) is 0 Å². The number of hydrogen-bond acceptors (Lipinski definition) is 10. The van der Waals surface area contributed by atoms with E-state index in [2.05, 4.69) is 130 Å². The molecule has 0 bridgehead atoms. The highest BCUT2D eigenvalue weighted by Crippen LogP contribution is 2.43. The van der Waals surface area contributed by atoms with Crippen molar-refractivity contribution in [3.05, 3.63) is 122 Å². The number of hydrogen-bond donors (Lipinski definition) is 2. The zero-order chi connectivity index (χ0) is 54.1. The van der Waals surface area contributed by atoms with Crippen LogP contribution in [0.15, 0.2) is 122 Å². The van der Waals surface area contributed by atoms with Crippen LogP contribution in [0.2, 0.25) is 0 Å². The lowest BCUT2D eigenvalue weighted by atomic mass is 10.1. The normalized spacial score (nSPS) is 14.3. The molecule has 0 aliphatic carbocycles. The first-order valence-electron chi connectivity index (χ1n) is 28.4. The van der Waals surface area contributed by atoms with E-state index >= 15 is 0 Å². The van der Waals surface area contributed by atoms with Gasteiger partial charge in [-0.05, 0) is 96.3 Å². The van der Waals surface area contributed by atoms with E-state index in [0.717, 1.165) is 116 Å². The van der Waals surface area contributed by atoms with E-state index in [1.165, 1.54) is 32.1 Å². The number of ether oxygens (including phenoxy) is 3. The number of unbranched alkanes of at least 4 members (excludes halogenated alkanes) is 14. The molecule has 0 saturated heterocycles. The second-order valence-electron chi connectivity index (χ2n) is 18.3. The van der Waals surface area contributed by atoms with Crippen LogP contribution < -0.4 is 0 Å². The number of esters is 3. The van der Waals surface area contributed by atoms with Gasteiger partial charge < -0.3 is 24.2 Å². The molecule has 0 radical (unpaired) electrons. The number of allylic oxidation sites excluding steroid dienone is 20. The van der Waals surface area contributed by atoms with E-state index in [9.17, 15) is 28.9 Å². The van der Waals surface area contributed by atoms with Crippen molar-refractivity contribution in [2.75, 3.05) is 26.4 Å². The van der Waals surface area contributed by atoms with Gasteiger partial charge in [-0.3, -0.25) is 23.4 Å². The predicted molar refractivity (Wildman–Crippen MR) is 306 cm³/mol. The third kappa shape index (κ3) is 52.7. The van der Waals surface area contributed by atoms with Crippen molar-refractivity contribution in [2.45, 2.75) is 226 Å². The average Bonchev–Trinajstić information content (AvgIpc) is 3.39. The van der Waals surface area contributed by atoms with Crippen molar-refractivity contribution in [1.82, 2.24) is 0 Å². The maximum Gasteiger partial charge on any atom is 0.472 e. The van der Waals surface area contributed by atoms with Crippen LogP contribution in [-0.4, -0.2) is 66.5 Å². The Balaban J connectivity index is 4.75. The standard InChI is InChI=1S/C62H101O11P/c1-4-7-10-13-16-19-21-23-25-27-29-31-33-35-37-40-43-46-49-52-61(65)72-58(54-63)56-70-74(67,68)71-57-59(55-69-60(64)51-48-45-42-39-18-15-12-9-6-3)73-62(66)53-50-47-44-41-38-36-34-32-30-28-26-24-22-20-17-14-11-8-5-2/h7-8,10-11,16-17,19-20,23-26,29-32,36,38,44,47,58-59,63H,4-6,9,12-15,18,21-22,27-28,33-35,37,39-43,45-46,48-57H2,1-3H3,(H,67,68)/b10-7-,11-8-,19-16-,20-17-,25-23-,26-24-,31-29-,32-30-,38-36-,47-44-. The minimum Gasteiger partial charge on any atom is -0.462 e. The number of carbonyl (C=O) groups is 3. The molecule has 0 aromatic rings. The van der Waals surface area contributed by atoms with Gasteiger partial charge in [-0.2, -0.15) is 0 Å². The summed E-state index contributed by atoms with van der Waals surface area (Å²) in [5.41, 5.74) is 0. The van der Waals surface area contributed by atoms with Crippen molar-refractivity contribution in [3.8, 4) is 0 Å². The molecule has 11 nitrogen and oxygen atoms in total. The maximum absolute atomic E-state index is 12.9. The Bertz CT molecular complexity index is 1700. The van der Waals surface area contributed by atoms with Gasteiger partial charge in [-0.1, -0.05) is 219 Å². The zero-order valence-corrected chi connectivity index (χ0v) is 47.2. The van der Waals surface area contributed by atoms with Gasteiger partial charge >= 0.3 is 25.7 Å². The van der Waals surface area contributed by atoms with Crippen LogP contribution in [-0.2, 0) is 42.2 Å². The van der Waals surface area contributed by atoms with Crippen LogP contribution in [0.5, 0.6) is 0 Å². The number of carbonyl (C=O) groups excluding carboxylic acids is 3. The number of aliphatic hydroxyl groups is 1. The lowest BCUT2D eigenvalue weighted by molar-refractivity contribution is -0.161. The van der Waals surface area contributed by atoms with E-state index in [0.29, 0.717) is 25.7 Å². The van der Waals surface area contributed by atoms with Crippen LogP contribution in [0.25, 0.3) is 0 Å². The molecule has 3 unspecified atom stereocenters. The molecular formula is C62H101O11P. The molecule has 0 aliphatic rings. The molecule has 2 N–H and O–H groups in total. The van der Waals surface area contributed by atoms with Gasteiger partial charge in [0.1, 0.15) is 12.7 Å². The molecule has 420 valence electrons. The minimum atomic E-state index is -4.77. The van der Waals surface area contributed by atoms with Crippen molar-refractivity contribution < 1.29 is 52.2 Å². The summed E-state index contributed by atoms with van der Waals surface area (Å²) < 4.78 is 39.3. The van der Waals surface area contributed by atoms with Gasteiger partial charge in [0.25, 0.3) is 0 Å². The highest BCUT2D eigenvalue weighted by atomic mass is 31.2. The largest absolute Gasteiger partial charge is 0.472 e. The van der Waals surface area contributed by atoms with Crippen LogP contribution in [0, 0.1) is 0 Å². The molecule has 0 heterocycles. The van der Waals surface area contributed by atoms with Crippen molar-refractivity contribution in [2.24, 2.45) is 0 Å². The molecule has 3 atom stereocenters. The number of phosphoric ester groups is 1. The lowest BCUT2D eigenvalue weighted by Crippen LogP contribution is -2.30. The van der Waals surface area contributed by atoms with Gasteiger partial charge in [0.2, 0.25) is 0 Å². The Morgan fingerprint density at radius 2 is 0.730 bits per heavy atom. The van der Waals surface area contributed by atoms with Gasteiger partial charge in [0.05, 0.1) is 19.8 Å². The Labute approximate surface area is 449 Å². The SMILES string of the molecule is CC/C=C\C/C=C\C/C=C\C/C=C\C/C=C\C/C=C\CCC(=O)OC(COC(=O)CCCCCCCCCCC)COP(=O)(O)OCC(CO)OC(=O)CCCCCCCC/C=C\C/C=C\C/C=C\C/C=C\CC. The smallest absolute Gasteiger partial charge is 0.462 e. The fourth-order valence-electron chi connectivity index (χ4n) is 7.14. The molecule has 0 saturated carbocycles. The predicted octanol–water partition coefficient (Wildman–Crippen LogP) is 16.8. The second-order valence-corrected chi connectivity index (χ2v) is 19.8. The molecule has 0 rings (SSSR count). The maximum atomic E-state index is 12.9. The summed E-state index contributed by atoms with van der Waals surface area (Å²) >= 11 is 0. The zero-order valence-electron chi connectivity index (χ0n) is 46.3. The lowest BCUT2D eigenvalue weighted by Gasteiger charge is -2.21. The summed E-state index contributed by atoms with van der Waals surface area (Å²) in [6.45, 7) is 4.28. The van der Waals surface area contributed by atoms with E-state index < -0.39 is 57.8 Å². The number of aliphatic hydroxyl groups excluding tert-OH is 1. The summed E-state index contributed by atoms with van der Waals surface area (Å²) in [7, 11) is -4.77. The van der Waals surface area contributed by atoms with Crippen LogP contribution in [0.1, 0.15) is 213 Å². The molecule has 0 fully saturated rings. The van der Waals surface area contributed by atoms with Gasteiger partial charge in [-0.15, -0.1) is 0 Å². The molecule has 0 aromatic carbocycles. The van der Waals surface area contributed by atoms with E-state index in [4.69, 9.17) is 23.3 Å². The summed E-state index contributed by atoms with van der Waals surface area (Å²) in [5.74, 6) is -1.59. The van der Waals surface area contributed by atoms with Crippen molar-refractivity contribution >= 4 is 25.7 Å². The fraction of sp³-hybridized carbons (Fsp3) is 0.629. The summed E-state index contributed by atoms with van der Waals surface area (Å²) in [5, 5.41) is 9.81. The van der Waals surface area contributed by atoms with E-state index in [1.807, 2.05) is 12.2 Å². The Hall–Kier alpha value is -4.12. The highest BCUT2D eigenvalue weighted by Gasteiger charge is 2.28. The Kier molecular flexibility index (Phi) is 52.1. The first-order chi connectivity index (χ1) is 36.2. The Morgan fingerprint density at radius 1 is 0.392 bits per heavy atom. The summed E-state index contributed by atoms with van der Waals surface area (Å²) in [6, 6.07) is 0. The molecule has 0 spiro atoms. The topological polar surface area (TPSA) is 155 Å². The van der Waals surface area contributed by atoms with Crippen molar-refractivity contribution in [1.29, 1.82) is 0 Å². The highest BCUT2D eigenvalue weighted by molar-refractivity contribution is 7.47. The molecule has 0 amide bonds. The van der Waals surface area contributed by atoms with Crippen LogP contribution in [0.4, 0.5) is 0 Å². The van der Waals surface area contributed by atoms with Crippen LogP contribution >= 0.6 is 7.82 Å². The van der Waals surface area contributed by atoms with Gasteiger partial charge in [0, 0.05) is 19.3 Å². The first-order valence-corrected chi connectivity index (χ1v) is 29.9. The fourth-order valence-corrected chi connectivity index (χ4v) is 7.92. The number of phosphoric acid groups is 1. The van der Waals surface area contributed by atoms with E-state index in [1.54, 1.807) is 0 Å². The summed E-state index contributed by atoms with van der Waals surface area (Å²) in [6.07, 6.45) is 67.5. The minimum absolute atomic E-state index is 0.0368. The average molecular weight is 1050 g/mol. The number of rotatable bonds is 51. The van der Waals surface area contributed by atoms with Crippen LogP contribution in [0.3, 0.4) is 0 Å². The first kappa shape index (κ1) is 69.9. The molecule has 12 heteroatoms.